The maximum atomic E-state index is 11.7. The maximum absolute atomic E-state index is 11.7. The molecule has 1 atom stereocenters. The molecule has 21 heavy (non-hydrogen) atoms. The fraction of sp³-hybridized carbons (Fsp3) is 0.188. The standard InChI is InChI=1S/C16H15BrN2O2/c1-2-19-13-7-6-11(9-14(13)21-16(19)20)15(18)10-4-3-5-12(17)8-10/h3-9,15H,2,18H2,1H3. The SMILES string of the molecule is CCn1c(=O)oc2cc(C(N)c3cccc(Br)c3)ccc21. The molecule has 0 saturated heterocycles. The quantitative estimate of drug-likeness (QED) is 0.790. The Balaban J connectivity index is 2.07. The Morgan fingerprint density at radius 1 is 1.24 bits per heavy atom. The molecule has 2 aromatic carbocycles. The highest BCUT2D eigenvalue weighted by atomic mass is 79.9. The molecule has 2 N–H and O–H groups in total. The van der Waals surface area contributed by atoms with Crippen LogP contribution in [0.3, 0.4) is 0 Å². The van der Waals surface area contributed by atoms with Crippen LogP contribution in [0, 0.1) is 0 Å². The summed E-state index contributed by atoms with van der Waals surface area (Å²) in [5.74, 6) is -0.333. The Hall–Kier alpha value is -1.85. The first kappa shape index (κ1) is 14.1. The average Bonchev–Trinajstić information content (AvgIpc) is 2.80. The van der Waals surface area contributed by atoms with Crippen molar-refractivity contribution in [1.82, 2.24) is 4.57 Å². The number of nitrogens with two attached hydrogens (primary N) is 1. The molecule has 1 heterocycles. The van der Waals surface area contributed by atoms with Crippen molar-refractivity contribution in [1.29, 1.82) is 0 Å². The monoisotopic (exact) mass is 346 g/mol. The number of aromatic nitrogens is 1. The fourth-order valence-corrected chi connectivity index (χ4v) is 2.89. The Kier molecular flexibility index (Phi) is 3.69. The van der Waals surface area contributed by atoms with Crippen LogP contribution in [-0.4, -0.2) is 4.57 Å². The molecule has 1 unspecified atom stereocenters. The van der Waals surface area contributed by atoms with Gasteiger partial charge in [0.1, 0.15) is 0 Å². The van der Waals surface area contributed by atoms with E-state index in [1.165, 1.54) is 0 Å². The van der Waals surface area contributed by atoms with Crippen LogP contribution in [0.25, 0.3) is 11.1 Å². The van der Waals surface area contributed by atoms with Gasteiger partial charge in [-0.3, -0.25) is 4.57 Å². The van der Waals surface area contributed by atoms with E-state index in [4.69, 9.17) is 10.2 Å². The molecule has 0 aliphatic heterocycles. The molecular weight excluding hydrogens is 332 g/mol. The third-order valence-electron chi connectivity index (χ3n) is 3.58. The van der Waals surface area contributed by atoms with E-state index in [-0.39, 0.29) is 11.8 Å². The van der Waals surface area contributed by atoms with Crippen molar-refractivity contribution >= 4 is 27.0 Å². The van der Waals surface area contributed by atoms with Gasteiger partial charge in [-0.1, -0.05) is 34.1 Å². The second-order valence-electron chi connectivity index (χ2n) is 4.87. The number of fused-ring (bicyclic) bond motifs is 1. The van der Waals surface area contributed by atoms with Crippen LogP contribution < -0.4 is 11.5 Å². The molecule has 3 aromatic rings. The number of rotatable bonds is 3. The molecule has 0 radical (unpaired) electrons. The van der Waals surface area contributed by atoms with Crippen LogP contribution in [-0.2, 0) is 6.54 Å². The van der Waals surface area contributed by atoms with Gasteiger partial charge in [0.25, 0.3) is 0 Å². The second kappa shape index (κ2) is 5.50. The van der Waals surface area contributed by atoms with Gasteiger partial charge in [-0.05, 0) is 42.3 Å². The molecule has 1 aromatic heterocycles. The van der Waals surface area contributed by atoms with Gasteiger partial charge in [-0.15, -0.1) is 0 Å². The first-order valence-corrected chi connectivity index (χ1v) is 7.53. The summed E-state index contributed by atoms with van der Waals surface area (Å²) in [7, 11) is 0. The van der Waals surface area contributed by atoms with Gasteiger partial charge in [-0.2, -0.15) is 0 Å². The molecule has 0 spiro atoms. The fourth-order valence-electron chi connectivity index (χ4n) is 2.47. The van der Waals surface area contributed by atoms with E-state index in [0.29, 0.717) is 12.1 Å². The zero-order valence-electron chi connectivity index (χ0n) is 11.5. The molecule has 0 amide bonds. The summed E-state index contributed by atoms with van der Waals surface area (Å²) >= 11 is 3.45. The lowest BCUT2D eigenvalue weighted by atomic mass is 9.99. The lowest BCUT2D eigenvalue weighted by Crippen LogP contribution is -2.12. The van der Waals surface area contributed by atoms with Crippen LogP contribution >= 0.6 is 15.9 Å². The molecule has 0 saturated carbocycles. The lowest BCUT2D eigenvalue weighted by molar-refractivity contribution is 0.513. The van der Waals surface area contributed by atoms with Gasteiger partial charge < -0.3 is 10.2 Å². The molecule has 0 bridgehead atoms. The van der Waals surface area contributed by atoms with Crippen molar-refractivity contribution in [3.63, 3.8) is 0 Å². The van der Waals surface area contributed by atoms with Crippen molar-refractivity contribution in [3.8, 4) is 0 Å². The molecule has 3 rings (SSSR count). The Bertz CT molecular complexity index is 851. The third kappa shape index (κ3) is 2.54. The molecule has 108 valence electrons. The first-order chi connectivity index (χ1) is 10.1. The minimum absolute atomic E-state index is 0.262. The van der Waals surface area contributed by atoms with Crippen molar-refractivity contribution in [2.45, 2.75) is 19.5 Å². The number of nitrogens with zero attached hydrogens (tertiary/aromatic N) is 1. The van der Waals surface area contributed by atoms with Crippen molar-refractivity contribution in [3.05, 3.63) is 68.6 Å². The highest BCUT2D eigenvalue weighted by Gasteiger charge is 2.13. The summed E-state index contributed by atoms with van der Waals surface area (Å²) in [4.78, 5) is 11.7. The van der Waals surface area contributed by atoms with Gasteiger partial charge >= 0.3 is 5.76 Å². The van der Waals surface area contributed by atoms with E-state index in [1.807, 2.05) is 49.4 Å². The predicted molar refractivity (Wildman–Crippen MR) is 86.3 cm³/mol. The van der Waals surface area contributed by atoms with Gasteiger partial charge in [0, 0.05) is 11.0 Å². The van der Waals surface area contributed by atoms with Crippen LogP contribution in [0.4, 0.5) is 0 Å². The minimum Gasteiger partial charge on any atom is -0.408 e. The smallest absolute Gasteiger partial charge is 0.408 e. The normalized spacial score (nSPS) is 12.7. The van der Waals surface area contributed by atoms with Gasteiger partial charge in [0.2, 0.25) is 0 Å². The number of oxazole rings is 1. The predicted octanol–water partition coefficient (Wildman–Crippen LogP) is 3.43. The molecular formula is C16H15BrN2O2. The minimum atomic E-state index is -0.333. The Labute approximate surface area is 130 Å². The van der Waals surface area contributed by atoms with E-state index < -0.39 is 0 Å². The Morgan fingerprint density at radius 2 is 2.00 bits per heavy atom. The van der Waals surface area contributed by atoms with Crippen LogP contribution in [0.5, 0.6) is 0 Å². The van der Waals surface area contributed by atoms with E-state index in [2.05, 4.69) is 15.9 Å². The third-order valence-corrected chi connectivity index (χ3v) is 4.07. The van der Waals surface area contributed by atoms with Crippen LogP contribution in [0.1, 0.15) is 24.1 Å². The number of benzene rings is 2. The van der Waals surface area contributed by atoms with Crippen LogP contribution in [0.2, 0.25) is 0 Å². The van der Waals surface area contributed by atoms with E-state index in [1.54, 1.807) is 4.57 Å². The number of hydrogen-bond acceptors (Lipinski definition) is 3. The molecule has 0 aliphatic carbocycles. The average molecular weight is 347 g/mol. The van der Waals surface area contributed by atoms with Gasteiger partial charge in [0.05, 0.1) is 11.6 Å². The zero-order valence-corrected chi connectivity index (χ0v) is 13.1. The van der Waals surface area contributed by atoms with E-state index in [9.17, 15) is 4.79 Å². The summed E-state index contributed by atoms with van der Waals surface area (Å²) in [6.07, 6.45) is 0. The number of halogens is 1. The largest absolute Gasteiger partial charge is 0.419 e. The van der Waals surface area contributed by atoms with Crippen molar-refractivity contribution in [2.75, 3.05) is 0 Å². The molecule has 5 heteroatoms. The Morgan fingerprint density at radius 3 is 2.71 bits per heavy atom. The molecule has 0 aliphatic rings. The summed E-state index contributed by atoms with van der Waals surface area (Å²) in [6.45, 7) is 2.50. The number of hydrogen-bond donors (Lipinski definition) is 1. The molecule has 0 fully saturated rings. The summed E-state index contributed by atoms with van der Waals surface area (Å²) in [5, 5.41) is 0. The highest BCUT2D eigenvalue weighted by molar-refractivity contribution is 9.10. The second-order valence-corrected chi connectivity index (χ2v) is 5.79. The summed E-state index contributed by atoms with van der Waals surface area (Å²) in [6, 6.07) is 13.3. The zero-order chi connectivity index (χ0) is 15.0. The van der Waals surface area contributed by atoms with Gasteiger partial charge in [0.15, 0.2) is 5.58 Å². The molecule has 4 nitrogen and oxygen atoms in total. The van der Waals surface area contributed by atoms with E-state index in [0.717, 1.165) is 21.1 Å². The lowest BCUT2D eigenvalue weighted by Gasteiger charge is -2.12. The summed E-state index contributed by atoms with van der Waals surface area (Å²) < 4.78 is 7.87. The number of aryl methyl sites for hydroxylation is 1. The first-order valence-electron chi connectivity index (χ1n) is 6.74. The summed E-state index contributed by atoms with van der Waals surface area (Å²) in [5.41, 5.74) is 9.59. The topological polar surface area (TPSA) is 61.2 Å². The van der Waals surface area contributed by atoms with Crippen molar-refractivity contribution in [2.24, 2.45) is 5.73 Å². The van der Waals surface area contributed by atoms with Gasteiger partial charge in [-0.25, -0.2) is 4.79 Å². The van der Waals surface area contributed by atoms with Crippen molar-refractivity contribution < 1.29 is 4.42 Å². The van der Waals surface area contributed by atoms with Crippen LogP contribution in [0.15, 0.2) is 56.1 Å². The van der Waals surface area contributed by atoms with E-state index >= 15 is 0 Å². The highest BCUT2D eigenvalue weighted by Crippen LogP contribution is 2.25. The maximum Gasteiger partial charge on any atom is 0.419 e.